The predicted octanol–water partition coefficient (Wildman–Crippen LogP) is 3.17. The summed E-state index contributed by atoms with van der Waals surface area (Å²) in [5.41, 5.74) is 2.05. The van der Waals surface area contributed by atoms with Gasteiger partial charge in [0.05, 0.1) is 0 Å². The molecule has 1 aromatic heterocycles. The zero-order valence-corrected chi connectivity index (χ0v) is 13.8. The number of likely N-dealkylation sites (tertiary alicyclic amines) is 1. The lowest BCUT2D eigenvalue weighted by Gasteiger charge is -2.33. The van der Waals surface area contributed by atoms with Crippen molar-refractivity contribution >= 4 is 11.7 Å². The maximum absolute atomic E-state index is 12.7. The lowest BCUT2D eigenvalue weighted by Crippen LogP contribution is -2.39. The molecule has 0 spiro atoms. The molecule has 1 fully saturated rings. The second-order valence-electron chi connectivity index (χ2n) is 6.30. The van der Waals surface area contributed by atoms with E-state index in [1.807, 2.05) is 60.4 Å². The summed E-state index contributed by atoms with van der Waals surface area (Å²) in [5.74, 6) is 1.49. The topological polar surface area (TPSA) is 36.4 Å². The average Bonchev–Trinajstić information content (AvgIpc) is 2.62. The van der Waals surface area contributed by atoms with E-state index >= 15 is 0 Å². The molecule has 1 aliphatic rings. The van der Waals surface area contributed by atoms with Crippen molar-refractivity contribution in [2.45, 2.75) is 18.8 Å². The van der Waals surface area contributed by atoms with Gasteiger partial charge in [0.1, 0.15) is 5.82 Å². The molecule has 4 heteroatoms. The van der Waals surface area contributed by atoms with Gasteiger partial charge in [0.25, 0.3) is 5.91 Å². The minimum atomic E-state index is 0.136. The number of nitrogens with zero attached hydrogens (tertiary/aromatic N) is 3. The summed E-state index contributed by atoms with van der Waals surface area (Å²) in [7, 11) is 4.00. The number of aromatic nitrogens is 1. The van der Waals surface area contributed by atoms with Gasteiger partial charge in [-0.2, -0.15) is 0 Å². The standard InChI is InChI=1S/C19H23N3O/c1-21(2)18-13-16(10-11-20-18)17-9-6-12-22(14-17)19(23)15-7-4-3-5-8-15/h3-5,7-8,10-11,13,17H,6,9,12,14H2,1-2H3/t17-/m0/s1. The number of carbonyl (C=O) groups is 1. The van der Waals surface area contributed by atoms with Gasteiger partial charge in [0.15, 0.2) is 0 Å². The molecule has 2 aromatic rings. The van der Waals surface area contributed by atoms with Crippen molar-refractivity contribution in [3.8, 4) is 0 Å². The molecule has 0 saturated carbocycles. The minimum Gasteiger partial charge on any atom is -0.363 e. The van der Waals surface area contributed by atoms with Crippen LogP contribution in [0.3, 0.4) is 0 Å². The fourth-order valence-electron chi connectivity index (χ4n) is 3.13. The van der Waals surface area contributed by atoms with Crippen LogP contribution in [0.1, 0.15) is 34.7 Å². The average molecular weight is 309 g/mol. The summed E-state index contributed by atoms with van der Waals surface area (Å²) < 4.78 is 0. The fraction of sp³-hybridized carbons (Fsp3) is 0.368. The lowest BCUT2D eigenvalue weighted by atomic mass is 9.90. The van der Waals surface area contributed by atoms with Crippen molar-refractivity contribution in [2.75, 3.05) is 32.1 Å². The predicted molar refractivity (Wildman–Crippen MR) is 92.9 cm³/mol. The summed E-state index contributed by atoms with van der Waals surface area (Å²) >= 11 is 0. The molecule has 0 N–H and O–H groups in total. The van der Waals surface area contributed by atoms with E-state index in [0.717, 1.165) is 37.3 Å². The Morgan fingerprint density at radius 2 is 2.00 bits per heavy atom. The Morgan fingerprint density at radius 1 is 1.22 bits per heavy atom. The molecule has 1 saturated heterocycles. The number of amides is 1. The highest BCUT2D eigenvalue weighted by Crippen LogP contribution is 2.29. The third-order valence-electron chi connectivity index (χ3n) is 4.43. The van der Waals surface area contributed by atoms with Gasteiger partial charge in [-0.15, -0.1) is 0 Å². The first-order chi connectivity index (χ1) is 11.1. The van der Waals surface area contributed by atoms with Crippen molar-refractivity contribution in [1.29, 1.82) is 0 Å². The number of rotatable bonds is 3. The molecule has 0 unspecified atom stereocenters. The van der Waals surface area contributed by atoms with E-state index in [1.54, 1.807) is 0 Å². The van der Waals surface area contributed by atoms with Gasteiger partial charge in [-0.05, 0) is 42.7 Å². The molecule has 1 amide bonds. The van der Waals surface area contributed by atoms with E-state index < -0.39 is 0 Å². The molecule has 1 atom stereocenters. The molecule has 0 radical (unpaired) electrons. The molecular weight excluding hydrogens is 286 g/mol. The highest BCUT2D eigenvalue weighted by molar-refractivity contribution is 5.94. The van der Waals surface area contributed by atoms with Gasteiger partial charge in [-0.1, -0.05) is 18.2 Å². The Bertz CT molecular complexity index is 669. The molecule has 0 bridgehead atoms. The van der Waals surface area contributed by atoms with Gasteiger partial charge in [-0.25, -0.2) is 4.98 Å². The number of benzene rings is 1. The number of hydrogen-bond acceptors (Lipinski definition) is 3. The van der Waals surface area contributed by atoms with Gasteiger partial charge >= 0.3 is 0 Å². The molecule has 1 aliphatic heterocycles. The van der Waals surface area contributed by atoms with E-state index in [1.165, 1.54) is 5.56 Å². The Hall–Kier alpha value is -2.36. The van der Waals surface area contributed by atoms with Crippen LogP contribution in [0, 0.1) is 0 Å². The normalized spacial score (nSPS) is 17.8. The Kier molecular flexibility index (Phi) is 4.60. The van der Waals surface area contributed by atoms with Gasteiger partial charge in [-0.3, -0.25) is 4.79 Å². The fourth-order valence-corrected chi connectivity index (χ4v) is 3.13. The number of carbonyl (C=O) groups excluding carboxylic acids is 1. The monoisotopic (exact) mass is 309 g/mol. The SMILES string of the molecule is CN(C)c1cc([C@H]2CCCN(C(=O)c3ccccc3)C2)ccn1. The van der Waals surface area contributed by atoms with E-state index in [2.05, 4.69) is 17.1 Å². The van der Waals surface area contributed by atoms with Crippen LogP contribution in [0.5, 0.6) is 0 Å². The molecule has 4 nitrogen and oxygen atoms in total. The Morgan fingerprint density at radius 3 is 2.74 bits per heavy atom. The van der Waals surface area contributed by atoms with E-state index in [4.69, 9.17) is 0 Å². The van der Waals surface area contributed by atoms with Crippen molar-refractivity contribution in [3.05, 3.63) is 59.8 Å². The quantitative estimate of drug-likeness (QED) is 0.874. The molecule has 120 valence electrons. The zero-order chi connectivity index (χ0) is 16.2. The zero-order valence-electron chi connectivity index (χ0n) is 13.8. The lowest BCUT2D eigenvalue weighted by molar-refractivity contribution is 0.0707. The van der Waals surface area contributed by atoms with E-state index in [9.17, 15) is 4.79 Å². The smallest absolute Gasteiger partial charge is 0.253 e. The van der Waals surface area contributed by atoms with Crippen LogP contribution < -0.4 is 4.90 Å². The Labute approximate surface area is 137 Å². The number of anilines is 1. The van der Waals surface area contributed by atoms with Crippen LogP contribution in [0.4, 0.5) is 5.82 Å². The summed E-state index contributed by atoms with van der Waals surface area (Å²) in [5, 5.41) is 0. The highest BCUT2D eigenvalue weighted by Gasteiger charge is 2.25. The first kappa shape index (κ1) is 15.5. The molecule has 3 rings (SSSR count). The number of piperidine rings is 1. The van der Waals surface area contributed by atoms with Crippen molar-refractivity contribution in [3.63, 3.8) is 0 Å². The molecule has 23 heavy (non-hydrogen) atoms. The van der Waals surface area contributed by atoms with E-state index in [0.29, 0.717) is 5.92 Å². The van der Waals surface area contributed by atoms with Gasteiger partial charge in [0.2, 0.25) is 0 Å². The van der Waals surface area contributed by atoms with Crippen LogP contribution >= 0.6 is 0 Å². The molecule has 0 aliphatic carbocycles. The van der Waals surface area contributed by atoms with Gasteiger partial charge < -0.3 is 9.80 Å². The third kappa shape index (κ3) is 3.52. The summed E-state index contributed by atoms with van der Waals surface area (Å²) in [6.07, 6.45) is 4.03. The summed E-state index contributed by atoms with van der Waals surface area (Å²) in [6, 6.07) is 13.8. The van der Waals surface area contributed by atoms with E-state index in [-0.39, 0.29) is 5.91 Å². The highest BCUT2D eigenvalue weighted by atomic mass is 16.2. The van der Waals surface area contributed by atoms with Crippen LogP contribution in [0.2, 0.25) is 0 Å². The maximum atomic E-state index is 12.7. The first-order valence-corrected chi connectivity index (χ1v) is 8.13. The van der Waals surface area contributed by atoms with Crippen LogP contribution in [-0.4, -0.2) is 43.0 Å². The van der Waals surface area contributed by atoms with Crippen LogP contribution in [0.25, 0.3) is 0 Å². The molecule has 2 heterocycles. The van der Waals surface area contributed by atoms with Crippen molar-refractivity contribution < 1.29 is 4.79 Å². The van der Waals surface area contributed by atoms with Crippen molar-refractivity contribution in [1.82, 2.24) is 9.88 Å². The number of hydrogen-bond donors (Lipinski definition) is 0. The first-order valence-electron chi connectivity index (χ1n) is 8.13. The third-order valence-corrected chi connectivity index (χ3v) is 4.43. The van der Waals surface area contributed by atoms with Gasteiger partial charge in [0, 0.05) is 44.9 Å². The second kappa shape index (κ2) is 6.82. The number of pyridine rings is 1. The molecule has 1 aromatic carbocycles. The Balaban J connectivity index is 1.76. The summed E-state index contributed by atoms with van der Waals surface area (Å²) in [6.45, 7) is 1.63. The second-order valence-corrected chi connectivity index (χ2v) is 6.30. The largest absolute Gasteiger partial charge is 0.363 e. The minimum absolute atomic E-state index is 0.136. The van der Waals surface area contributed by atoms with Crippen LogP contribution in [-0.2, 0) is 0 Å². The van der Waals surface area contributed by atoms with Crippen LogP contribution in [0.15, 0.2) is 48.7 Å². The molecular formula is C19H23N3O. The summed E-state index contributed by atoms with van der Waals surface area (Å²) in [4.78, 5) is 21.0. The van der Waals surface area contributed by atoms with Crippen molar-refractivity contribution in [2.24, 2.45) is 0 Å². The maximum Gasteiger partial charge on any atom is 0.253 e.